The first-order chi connectivity index (χ1) is 11.6. The molecule has 0 radical (unpaired) electrons. The molecule has 2 amide bonds. The molecule has 1 aromatic carbocycles. The number of rotatable bonds is 7. The third-order valence-corrected chi connectivity index (χ3v) is 3.93. The summed E-state index contributed by atoms with van der Waals surface area (Å²) in [4.78, 5) is 28.0. The summed E-state index contributed by atoms with van der Waals surface area (Å²) in [5.41, 5.74) is 0.731. The first-order valence-electron chi connectivity index (χ1n) is 8.26. The number of nitrogens with zero attached hydrogens (tertiary/aromatic N) is 2. The molecule has 1 aromatic rings. The number of piperazine rings is 1. The van der Waals surface area contributed by atoms with Crippen LogP contribution in [0.5, 0.6) is 5.75 Å². The Morgan fingerprint density at radius 2 is 1.71 bits per heavy atom. The van der Waals surface area contributed by atoms with E-state index in [1.165, 1.54) is 0 Å². The molecule has 132 valence electrons. The number of hydrogen-bond acceptors (Lipinski definition) is 5. The van der Waals surface area contributed by atoms with Gasteiger partial charge in [-0.15, -0.1) is 0 Å². The van der Waals surface area contributed by atoms with E-state index in [4.69, 9.17) is 4.74 Å². The quantitative estimate of drug-likeness (QED) is 0.754. The van der Waals surface area contributed by atoms with Gasteiger partial charge in [0.25, 0.3) is 0 Å². The second-order valence-corrected chi connectivity index (χ2v) is 5.79. The Balaban J connectivity index is 1.73. The summed E-state index contributed by atoms with van der Waals surface area (Å²) in [6.45, 7) is 6.51. The number of ether oxygens (including phenoxy) is 1. The largest absolute Gasteiger partial charge is 0.497 e. The molecular weight excluding hydrogens is 308 g/mol. The van der Waals surface area contributed by atoms with Gasteiger partial charge in [-0.2, -0.15) is 0 Å². The first kappa shape index (κ1) is 18.2. The van der Waals surface area contributed by atoms with E-state index in [1.54, 1.807) is 13.2 Å². The Morgan fingerprint density at radius 3 is 2.29 bits per heavy atom. The summed E-state index contributed by atoms with van der Waals surface area (Å²) in [5, 5.41) is 5.69. The van der Waals surface area contributed by atoms with Gasteiger partial charge in [-0.3, -0.25) is 19.4 Å². The molecule has 0 aromatic heterocycles. The highest BCUT2D eigenvalue weighted by Gasteiger charge is 2.20. The number of hydrogen-bond donors (Lipinski definition) is 2. The van der Waals surface area contributed by atoms with E-state index < -0.39 is 0 Å². The number of carbonyl (C=O) groups excluding carboxylic acids is 2. The minimum atomic E-state index is -0.0413. The van der Waals surface area contributed by atoms with Crippen molar-refractivity contribution >= 4 is 17.5 Å². The minimum Gasteiger partial charge on any atom is -0.497 e. The van der Waals surface area contributed by atoms with Crippen LogP contribution in [0.1, 0.15) is 6.92 Å². The second kappa shape index (κ2) is 9.24. The van der Waals surface area contributed by atoms with Crippen molar-refractivity contribution < 1.29 is 14.3 Å². The third-order valence-electron chi connectivity index (χ3n) is 3.93. The Hall–Kier alpha value is -2.12. The lowest BCUT2D eigenvalue weighted by Gasteiger charge is -2.33. The fourth-order valence-corrected chi connectivity index (χ4v) is 2.67. The Kier molecular flexibility index (Phi) is 7.02. The van der Waals surface area contributed by atoms with Crippen molar-refractivity contribution in [1.29, 1.82) is 0 Å². The topological polar surface area (TPSA) is 73.9 Å². The zero-order chi connectivity index (χ0) is 17.4. The van der Waals surface area contributed by atoms with E-state index in [2.05, 4.69) is 20.4 Å². The molecule has 2 rings (SSSR count). The Labute approximate surface area is 142 Å². The second-order valence-electron chi connectivity index (χ2n) is 5.79. The average molecular weight is 334 g/mol. The number of nitrogens with one attached hydrogen (secondary N) is 2. The highest BCUT2D eigenvalue weighted by Crippen LogP contribution is 2.16. The van der Waals surface area contributed by atoms with Gasteiger partial charge in [0.05, 0.1) is 20.2 Å². The molecule has 1 heterocycles. The SMILES string of the molecule is CCNC(=O)CN1CCN(CC(=O)Nc2cccc(OC)c2)CC1. The van der Waals surface area contributed by atoms with Crippen LogP contribution in [0.3, 0.4) is 0 Å². The molecule has 1 aliphatic rings. The van der Waals surface area contributed by atoms with Gasteiger partial charge in [-0.25, -0.2) is 0 Å². The predicted molar refractivity (Wildman–Crippen MR) is 93.2 cm³/mol. The molecular formula is C17H26N4O3. The molecule has 1 saturated heterocycles. The number of anilines is 1. The fourth-order valence-electron chi connectivity index (χ4n) is 2.67. The summed E-state index contributed by atoms with van der Waals surface area (Å²) in [6.07, 6.45) is 0. The Bertz CT molecular complexity index is 557. The maximum absolute atomic E-state index is 12.2. The zero-order valence-electron chi connectivity index (χ0n) is 14.4. The maximum Gasteiger partial charge on any atom is 0.238 e. The van der Waals surface area contributed by atoms with Gasteiger partial charge in [0.1, 0.15) is 5.75 Å². The molecule has 0 unspecified atom stereocenters. The highest BCUT2D eigenvalue weighted by molar-refractivity contribution is 5.92. The molecule has 7 heteroatoms. The molecule has 1 aliphatic heterocycles. The van der Waals surface area contributed by atoms with E-state index in [9.17, 15) is 9.59 Å². The maximum atomic E-state index is 12.2. The van der Waals surface area contributed by atoms with E-state index >= 15 is 0 Å². The van der Waals surface area contributed by atoms with Crippen LogP contribution in [0.15, 0.2) is 24.3 Å². The summed E-state index contributed by atoms with van der Waals surface area (Å²) in [6, 6.07) is 7.31. The molecule has 0 atom stereocenters. The lowest BCUT2D eigenvalue weighted by molar-refractivity contribution is -0.123. The highest BCUT2D eigenvalue weighted by atomic mass is 16.5. The minimum absolute atomic E-state index is 0.0413. The number of likely N-dealkylation sites (N-methyl/N-ethyl adjacent to an activating group) is 1. The smallest absolute Gasteiger partial charge is 0.238 e. The van der Waals surface area contributed by atoms with E-state index in [0.29, 0.717) is 25.4 Å². The summed E-state index contributed by atoms with van der Waals surface area (Å²) in [5.74, 6) is 0.730. The van der Waals surface area contributed by atoms with Gasteiger partial charge in [-0.05, 0) is 19.1 Å². The molecule has 0 bridgehead atoms. The van der Waals surface area contributed by atoms with Crippen LogP contribution in [-0.4, -0.2) is 74.5 Å². The lowest BCUT2D eigenvalue weighted by atomic mass is 10.3. The van der Waals surface area contributed by atoms with Gasteiger partial charge in [0.2, 0.25) is 11.8 Å². The van der Waals surface area contributed by atoms with Crippen LogP contribution in [0.2, 0.25) is 0 Å². The van der Waals surface area contributed by atoms with Gasteiger partial charge in [0, 0.05) is 44.5 Å². The van der Waals surface area contributed by atoms with Crippen molar-refractivity contribution in [3.8, 4) is 5.75 Å². The monoisotopic (exact) mass is 334 g/mol. The predicted octanol–water partition coefficient (Wildman–Crippen LogP) is 0.387. The molecule has 24 heavy (non-hydrogen) atoms. The molecule has 0 aliphatic carbocycles. The first-order valence-corrected chi connectivity index (χ1v) is 8.26. The van der Waals surface area contributed by atoms with Crippen molar-refractivity contribution in [1.82, 2.24) is 15.1 Å². The Morgan fingerprint density at radius 1 is 1.08 bits per heavy atom. The van der Waals surface area contributed by atoms with Crippen molar-refractivity contribution in [2.24, 2.45) is 0 Å². The van der Waals surface area contributed by atoms with Gasteiger partial charge >= 0.3 is 0 Å². The van der Waals surface area contributed by atoms with Crippen LogP contribution in [-0.2, 0) is 9.59 Å². The molecule has 0 spiro atoms. The lowest BCUT2D eigenvalue weighted by Crippen LogP contribution is -2.51. The van der Waals surface area contributed by atoms with E-state index in [1.807, 2.05) is 25.1 Å². The molecule has 7 nitrogen and oxygen atoms in total. The van der Waals surface area contributed by atoms with Gasteiger partial charge in [0.15, 0.2) is 0 Å². The number of amides is 2. The van der Waals surface area contributed by atoms with Crippen molar-refractivity contribution in [3.63, 3.8) is 0 Å². The standard InChI is InChI=1S/C17H26N4O3/c1-3-18-16(22)12-20-7-9-21(10-8-20)13-17(23)19-14-5-4-6-15(11-14)24-2/h4-6,11H,3,7-10,12-13H2,1-2H3,(H,18,22)(H,19,23). The van der Waals surface area contributed by atoms with Gasteiger partial charge in [-0.1, -0.05) is 6.07 Å². The van der Waals surface area contributed by atoms with Crippen molar-refractivity contribution in [2.75, 3.05) is 58.2 Å². The van der Waals surface area contributed by atoms with Crippen molar-refractivity contribution in [2.45, 2.75) is 6.92 Å². The van der Waals surface area contributed by atoms with Crippen LogP contribution < -0.4 is 15.4 Å². The van der Waals surface area contributed by atoms with E-state index in [-0.39, 0.29) is 11.8 Å². The molecule has 0 saturated carbocycles. The van der Waals surface area contributed by atoms with Crippen LogP contribution >= 0.6 is 0 Å². The summed E-state index contributed by atoms with van der Waals surface area (Å²) < 4.78 is 5.15. The van der Waals surface area contributed by atoms with E-state index in [0.717, 1.165) is 31.9 Å². The summed E-state index contributed by atoms with van der Waals surface area (Å²) >= 11 is 0. The van der Waals surface area contributed by atoms with Gasteiger partial charge < -0.3 is 15.4 Å². The average Bonchev–Trinajstić information content (AvgIpc) is 2.57. The number of carbonyl (C=O) groups is 2. The van der Waals surface area contributed by atoms with Crippen LogP contribution in [0.4, 0.5) is 5.69 Å². The van der Waals surface area contributed by atoms with Crippen LogP contribution in [0.25, 0.3) is 0 Å². The number of methoxy groups -OCH3 is 1. The molecule has 2 N–H and O–H groups in total. The zero-order valence-corrected chi connectivity index (χ0v) is 14.4. The normalized spacial score (nSPS) is 15.8. The van der Waals surface area contributed by atoms with Crippen molar-refractivity contribution in [3.05, 3.63) is 24.3 Å². The van der Waals surface area contributed by atoms with Crippen LogP contribution in [0, 0.1) is 0 Å². The summed E-state index contributed by atoms with van der Waals surface area (Å²) in [7, 11) is 1.60. The third kappa shape index (κ3) is 5.82. The molecule has 1 fully saturated rings. The number of benzene rings is 1. The fraction of sp³-hybridized carbons (Fsp3) is 0.529.